The molecule has 53 heavy (non-hydrogen) atoms. The van der Waals surface area contributed by atoms with E-state index in [1.807, 2.05) is 13.0 Å². The summed E-state index contributed by atoms with van der Waals surface area (Å²) in [5.74, 6) is 0.955. The number of benzene rings is 4. The van der Waals surface area contributed by atoms with Crippen molar-refractivity contribution in [2.75, 3.05) is 0 Å². The molecule has 1 atom stereocenters. The lowest BCUT2D eigenvalue weighted by Gasteiger charge is -2.16. The van der Waals surface area contributed by atoms with Crippen molar-refractivity contribution < 1.29 is 0 Å². The van der Waals surface area contributed by atoms with Crippen LogP contribution in [-0.2, 0) is 6.42 Å². The molecule has 0 fully saturated rings. The second-order valence-corrected chi connectivity index (χ2v) is 13.9. The highest BCUT2D eigenvalue weighted by molar-refractivity contribution is 5.85. The number of fused-ring (bicyclic) bond motifs is 2. The van der Waals surface area contributed by atoms with E-state index in [1.54, 1.807) is 0 Å². The van der Waals surface area contributed by atoms with E-state index in [4.69, 9.17) is 19.9 Å². The molecule has 2 aliphatic rings. The Kier molecular flexibility index (Phi) is 8.49. The zero-order chi connectivity index (χ0) is 35.7. The molecule has 254 valence electrons. The van der Waals surface area contributed by atoms with Gasteiger partial charge >= 0.3 is 0 Å². The van der Waals surface area contributed by atoms with Crippen LogP contribution in [0, 0.1) is 13.8 Å². The Morgan fingerprint density at radius 3 is 1.85 bits per heavy atom. The lowest BCUT2D eigenvalue weighted by Crippen LogP contribution is -2.04. The number of hydrogen-bond donors (Lipinski definition) is 0. The van der Waals surface area contributed by atoms with Gasteiger partial charge in [0.1, 0.15) is 0 Å². The van der Waals surface area contributed by atoms with Crippen LogP contribution in [0.5, 0.6) is 0 Å². The average molecular weight is 683 g/mol. The maximum Gasteiger partial charge on any atom is 0.160 e. The predicted molar refractivity (Wildman–Crippen MR) is 218 cm³/mol. The normalized spacial score (nSPS) is 14.4. The average Bonchev–Trinajstić information content (AvgIpc) is 3.40. The number of nitrogens with zero attached hydrogens (tertiary/aromatic N) is 4. The second kappa shape index (κ2) is 13.9. The molecule has 4 nitrogen and oxygen atoms in total. The van der Waals surface area contributed by atoms with E-state index in [1.165, 1.54) is 22.3 Å². The van der Waals surface area contributed by atoms with E-state index in [2.05, 4.69) is 165 Å². The summed E-state index contributed by atoms with van der Waals surface area (Å²) < 4.78 is 0. The van der Waals surface area contributed by atoms with Gasteiger partial charge in [0.25, 0.3) is 0 Å². The summed E-state index contributed by atoms with van der Waals surface area (Å²) in [5, 5.41) is 0. The van der Waals surface area contributed by atoms with Crippen LogP contribution in [0.15, 0.2) is 152 Å². The van der Waals surface area contributed by atoms with E-state index in [0.717, 1.165) is 86.2 Å². The van der Waals surface area contributed by atoms with Crippen molar-refractivity contribution in [1.82, 2.24) is 19.9 Å². The Labute approximate surface area is 311 Å². The van der Waals surface area contributed by atoms with Gasteiger partial charge in [0.2, 0.25) is 0 Å². The zero-order valence-electron chi connectivity index (χ0n) is 29.9. The summed E-state index contributed by atoms with van der Waals surface area (Å²) in [7, 11) is 0. The maximum atomic E-state index is 5.12. The largest absolute Gasteiger partial charge is 0.257 e. The molecule has 0 radical (unpaired) electrons. The van der Waals surface area contributed by atoms with Gasteiger partial charge in [0, 0.05) is 40.4 Å². The Bertz CT molecular complexity index is 2540. The third kappa shape index (κ3) is 6.68. The molecule has 0 aliphatic heterocycles. The van der Waals surface area contributed by atoms with Crippen LogP contribution in [0.4, 0.5) is 0 Å². The molecule has 4 aromatic carbocycles. The minimum Gasteiger partial charge on any atom is -0.257 e. The molecule has 0 bridgehead atoms. The van der Waals surface area contributed by atoms with Crippen molar-refractivity contribution in [3.63, 3.8) is 0 Å². The first-order valence-corrected chi connectivity index (χ1v) is 18.3. The van der Waals surface area contributed by atoms with E-state index in [9.17, 15) is 0 Å². The smallest absolute Gasteiger partial charge is 0.160 e. The Hall–Kier alpha value is -6.52. The van der Waals surface area contributed by atoms with Crippen LogP contribution in [-0.4, -0.2) is 19.9 Å². The monoisotopic (exact) mass is 682 g/mol. The van der Waals surface area contributed by atoms with E-state index >= 15 is 0 Å². The summed E-state index contributed by atoms with van der Waals surface area (Å²) in [4.78, 5) is 20.0. The Morgan fingerprint density at radius 1 is 0.509 bits per heavy atom. The number of rotatable bonds is 6. The summed E-state index contributed by atoms with van der Waals surface area (Å²) in [6.07, 6.45) is 14.7. The number of aryl methyl sites for hydroxylation is 2. The van der Waals surface area contributed by atoms with Crippen LogP contribution in [0.3, 0.4) is 0 Å². The van der Waals surface area contributed by atoms with Gasteiger partial charge < -0.3 is 0 Å². The van der Waals surface area contributed by atoms with Crippen molar-refractivity contribution in [3.8, 4) is 56.0 Å². The Morgan fingerprint density at radius 2 is 1.15 bits per heavy atom. The first-order valence-electron chi connectivity index (χ1n) is 18.3. The highest BCUT2D eigenvalue weighted by Crippen LogP contribution is 2.35. The van der Waals surface area contributed by atoms with Crippen LogP contribution in [0.1, 0.15) is 51.9 Å². The lowest BCUT2D eigenvalue weighted by molar-refractivity contribution is 0.811. The topological polar surface area (TPSA) is 51.6 Å². The van der Waals surface area contributed by atoms with Crippen molar-refractivity contribution in [1.29, 1.82) is 0 Å². The van der Waals surface area contributed by atoms with Crippen LogP contribution < -0.4 is 0 Å². The van der Waals surface area contributed by atoms with Gasteiger partial charge in [-0.2, -0.15) is 0 Å². The fraction of sp³-hybridized carbons (Fsp3) is 0.102. The summed E-state index contributed by atoms with van der Waals surface area (Å²) in [6.45, 7) is 4.12. The SMILES string of the molecule is Cc1ccc2c(n1)Cc1nc(C)cc(-c3ccc(-c4ccc(-c5nc(-c6ccc(-c7ccccc7)cc6)cc(C6C=CC=CC6)n5)cc4)cc3)c1C=C2. The first kappa shape index (κ1) is 32.4. The third-order valence-corrected chi connectivity index (χ3v) is 10.2. The molecule has 9 rings (SSSR count). The second-order valence-electron chi connectivity index (χ2n) is 13.9. The highest BCUT2D eigenvalue weighted by atomic mass is 14.9. The van der Waals surface area contributed by atoms with Crippen LogP contribution in [0.25, 0.3) is 68.2 Å². The fourth-order valence-electron chi connectivity index (χ4n) is 7.40. The zero-order valence-corrected chi connectivity index (χ0v) is 29.9. The quantitative estimate of drug-likeness (QED) is 0.175. The first-order chi connectivity index (χ1) is 26.0. The van der Waals surface area contributed by atoms with Gasteiger partial charge in [0.15, 0.2) is 5.82 Å². The summed E-state index contributed by atoms with van der Waals surface area (Å²) >= 11 is 0. The summed E-state index contributed by atoms with van der Waals surface area (Å²) in [5.41, 5.74) is 17.6. The predicted octanol–water partition coefficient (Wildman–Crippen LogP) is 11.9. The molecule has 2 aliphatic carbocycles. The molecular formula is C49H38N4. The molecule has 1 unspecified atom stereocenters. The number of hydrogen-bond acceptors (Lipinski definition) is 4. The van der Waals surface area contributed by atoms with Crippen LogP contribution >= 0.6 is 0 Å². The van der Waals surface area contributed by atoms with Crippen molar-refractivity contribution in [2.24, 2.45) is 0 Å². The van der Waals surface area contributed by atoms with Crippen molar-refractivity contribution in [3.05, 3.63) is 191 Å². The molecule has 0 amide bonds. The number of pyridine rings is 2. The van der Waals surface area contributed by atoms with Crippen molar-refractivity contribution >= 4 is 12.2 Å². The molecule has 3 heterocycles. The van der Waals surface area contributed by atoms with Gasteiger partial charge in [-0.05, 0) is 77.4 Å². The number of allylic oxidation sites excluding steroid dienone is 4. The summed E-state index contributed by atoms with van der Waals surface area (Å²) in [6, 6.07) is 45.3. The highest BCUT2D eigenvalue weighted by Gasteiger charge is 2.18. The van der Waals surface area contributed by atoms with Gasteiger partial charge in [-0.1, -0.05) is 146 Å². The van der Waals surface area contributed by atoms with Crippen molar-refractivity contribution in [2.45, 2.75) is 32.6 Å². The van der Waals surface area contributed by atoms with Crippen LogP contribution in [0.2, 0.25) is 0 Å². The third-order valence-electron chi connectivity index (χ3n) is 10.2. The minimum atomic E-state index is 0.215. The van der Waals surface area contributed by atoms with E-state index in [-0.39, 0.29) is 5.92 Å². The lowest BCUT2D eigenvalue weighted by atomic mass is 9.94. The molecule has 0 spiro atoms. The van der Waals surface area contributed by atoms with Gasteiger partial charge in [-0.25, -0.2) is 9.97 Å². The molecule has 0 saturated carbocycles. The molecule has 0 N–H and O–H groups in total. The Balaban J connectivity index is 1.01. The molecule has 3 aromatic heterocycles. The molecule has 0 saturated heterocycles. The number of aromatic nitrogens is 4. The van der Waals surface area contributed by atoms with Gasteiger partial charge in [0.05, 0.1) is 22.8 Å². The van der Waals surface area contributed by atoms with E-state index < -0.39 is 0 Å². The molecular weight excluding hydrogens is 645 g/mol. The minimum absolute atomic E-state index is 0.215. The molecule has 7 aromatic rings. The van der Waals surface area contributed by atoms with Gasteiger partial charge in [-0.3, -0.25) is 9.97 Å². The van der Waals surface area contributed by atoms with E-state index in [0.29, 0.717) is 0 Å². The van der Waals surface area contributed by atoms with Gasteiger partial charge in [-0.15, -0.1) is 0 Å². The maximum absolute atomic E-state index is 5.12. The standard InChI is InChI=1S/C49H38N4/c1-32-13-14-40-27-28-43-44(29-33(2)51-48(43)31-45(40)50-32)38-21-15-36(16-22-38)37-19-25-42(26-20-37)49-52-46(39-11-7-4-8-12-39)30-47(53-49)41-23-17-35(18-24-41)34-9-5-3-6-10-34/h3-11,13-30,39H,12,31H2,1-2H3. The molecule has 4 heteroatoms. The fourth-order valence-corrected chi connectivity index (χ4v) is 7.40.